The van der Waals surface area contributed by atoms with Crippen molar-refractivity contribution in [2.24, 2.45) is 5.92 Å². The van der Waals surface area contributed by atoms with Gasteiger partial charge in [0.2, 0.25) is 0 Å². The molecule has 0 aromatic carbocycles. The fourth-order valence-electron chi connectivity index (χ4n) is 9.54. The summed E-state index contributed by atoms with van der Waals surface area (Å²) in [4.78, 5) is 6.30. The number of methoxy groups -OCH3 is 1. The molecule has 5 aliphatic rings. The van der Waals surface area contributed by atoms with Crippen molar-refractivity contribution in [3.8, 4) is 0 Å². The average molecular weight is 487 g/mol. The third-order valence-corrected chi connectivity index (χ3v) is 11.1. The Labute approximate surface area is 218 Å². The van der Waals surface area contributed by atoms with Gasteiger partial charge >= 0.3 is 0 Å². The molecule has 0 radical (unpaired) electrons. The van der Waals surface area contributed by atoms with Crippen LogP contribution in [0.3, 0.4) is 0 Å². The van der Waals surface area contributed by atoms with Crippen molar-refractivity contribution in [3.63, 3.8) is 0 Å². The fourth-order valence-corrected chi connectivity index (χ4v) is 9.54. The number of hydrogen-bond donors (Lipinski definition) is 0. The lowest BCUT2D eigenvalue weighted by Gasteiger charge is -2.56. The van der Waals surface area contributed by atoms with Crippen molar-refractivity contribution in [1.82, 2.24) is 9.80 Å². The van der Waals surface area contributed by atoms with Crippen LogP contribution in [0.25, 0.3) is 0 Å². The quantitative estimate of drug-likeness (QED) is 0.361. The van der Waals surface area contributed by atoms with E-state index in [4.69, 9.17) is 4.74 Å². The first kappa shape index (κ1) is 26.5. The Morgan fingerprint density at radius 3 is 1.00 bits per heavy atom. The van der Waals surface area contributed by atoms with Gasteiger partial charge in [-0.3, -0.25) is 9.80 Å². The Morgan fingerprint density at radius 1 is 0.457 bits per heavy atom. The van der Waals surface area contributed by atoms with Gasteiger partial charge in [0.15, 0.2) is 0 Å². The lowest BCUT2D eigenvalue weighted by Crippen LogP contribution is -2.65. The second-order valence-electron chi connectivity index (χ2n) is 13.5. The standard InChI is InChI=1S/C32H58N2O/c1-25-23-30(33(26-15-7-3-8-16-26)27-17-9-4-10-18-27)32(35-2)31(24-25)34(28-19-11-5-12-20-28)29-21-13-6-14-22-29/h25-32H,3-24H2,1-2H3. The molecule has 2 unspecified atom stereocenters. The second-order valence-corrected chi connectivity index (χ2v) is 13.5. The minimum absolute atomic E-state index is 0.402. The molecule has 5 rings (SSSR count). The molecule has 0 saturated heterocycles. The molecule has 0 aromatic rings. The normalized spacial score (nSPS) is 35.7. The summed E-state index contributed by atoms with van der Waals surface area (Å²) in [5.74, 6) is 0.820. The molecular formula is C32H58N2O. The minimum Gasteiger partial charge on any atom is -0.378 e. The van der Waals surface area contributed by atoms with E-state index in [0.717, 1.165) is 30.1 Å². The highest BCUT2D eigenvalue weighted by atomic mass is 16.5. The van der Waals surface area contributed by atoms with Gasteiger partial charge in [0, 0.05) is 43.4 Å². The minimum atomic E-state index is 0.402. The summed E-state index contributed by atoms with van der Waals surface area (Å²) >= 11 is 0. The first-order chi connectivity index (χ1) is 17.3. The SMILES string of the molecule is COC1C(N(C2CCCCC2)C2CCCCC2)CC(C)CC1N(C1CCCCC1)C1CCCCC1. The molecule has 0 N–H and O–H groups in total. The molecule has 35 heavy (non-hydrogen) atoms. The molecule has 0 spiro atoms. The summed E-state index contributed by atoms with van der Waals surface area (Å²) in [6.07, 6.45) is 32.1. The summed E-state index contributed by atoms with van der Waals surface area (Å²) in [6, 6.07) is 4.54. The first-order valence-corrected chi connectivity index (χ1v) is 16.3. The molecule has 0 heterocycles. The molecule has 5 saturated carbocycles. The molecule has 202 valence electrons. The third kappa shape index (κ3) is 6.31. The van der Waals surface area contributed by atoms with Gasteiger partial charge in [-0.15, -0.1) is 0 Å². The van der Waals surface area contributed by atoms with Gasteiger partial charge in [-0.05, 0) is 70.1 Å². The Balaban J connectivity index is 1.44. The summed E-state index contributed by atoms with van der Waals surface area (Å²) in [5, 5.41) is 0. The van der Waals surface area contributed by atoms with E-state index in [9.17, 15) is 0 Å². The molecule has 0 aromatic heterocycles. The number of nitrogens with zero attached hydrogens (tertiary/aromatic N) is 2. The molecule has 5 aliphatic carbocycles. The molecule has 0 amide bonds. The van der Waals surface area contributed by atoms with Gasteiger partial charge in [0.1, 0.15) is 0 Å². The van der Waals surface area contributed by atoms with E-state index in [1.807, 2.05) is 0 Å². The van der Waals surface area contributed by atoms with E-state index in [-0.39, 0.29) is 0 Å². The van der Waals surface area contributed by atoms with E-state index >= 15 is 0 Å². The van der Waals surface area contributed by atoms with E-state index in [1.54, 1.807) is 0 Å². The monoisotopic (exact) mass is 486 g/mol. The Morgan fingerprint density at radius 2 is 0.743 bits per heavy atom. The molecule has 0 bridgehead atoms. The first-order valence-electron chi connectivity index (χ1n) is 16.3. The van der Waals surface area contributed by atoms with Crippen molar-refractivity contribution in [2.75, 3.05) is 7.11 Å². The zero-order valence-corrected chi connectivity index (χ0v) is 23.5. The van der Waals surface area contributed by atoms with Crippen molar-refractivity contribution >= 4 is 0 Å². The zero-order valence-electron chi connectivity index (χ0n) is 23.5. The Hall–Kier alpha value is -0.120. The highest BCUT2D eigenvalue weighted by Gasteiger charge is 2.48. The summed E-state index contributed by atoms with van der Waals surface area (Å²) in [7, 11) is 2.08. The van der Waals surface area contributed by atoms with E-state index in [2.05, 4.69) is 23.8 Å². The van der Waals surface area contributed by atoms with E-state index in [1.165, 1.54) is 141 Å². The highest BCUT2D eigenvalue weighted by Crippen LogP contribution is 2.43. The summed E-state index contributed by atoms with van der Waals surface area (Å²) < 4.78 is 6.71. The lowest BCUT2D eigenvalue weighted by molar-refractivity contribution is -0.125. The van der Waals surface area contributed by atoms with Crippen LogP contribution in [0.1, 0.15) is 148 Å². The third-order valence-electron chi connectivity index (χ3n) is 11.1. The number of rotatable bonds is 7. The predicted octanol–water partition coefficient (Wildman–Crippen LogP) is 8.10. The molecule has 3 nitrogen and oxygen atoms in total. The van der Waals surface area contributed by atoms with E-state index < -0.39 is 0 Å². The van der Waals surface area contributed by atoms with Gasteiger partial charge < -0.3 is 4.74 Å². The highest BCUT2D eigenvalue weighted by molar-refractivity contribution is 5.03. The molecule has 3 heteroatoms. The second kappa shape index (κ2) is 13.1. The topological polar surface area (TPSA) is 15.7 Å². The van der Waals surface area contributed by atoms with Crippen molar-refractivity contribution in [3.05, 3.63) is 0 Å². The number of ether oxygens (including phenoxy) is 1. The van der Waals surface area contributed by atoms with Crippen molar-refractivity contribution < 1.29 is 4.74 Å². The summed E-state index contributed by atoms with van der Waals surface area (Å²) in [5.41, 5.74) is 0. The van der Waals surface area contributed by atoms with Crippen LogP contribution in [-0.4, -0.2) is 59.3 Å². The van der Waals surface area contributed by atoms with Crippen LogP contribution in [0.5, 0.6) is 0 Å². The maximum Gasteiger partial charge on any atom is 0.0881 e. The van der Waals surface area contributed by atoms with E-state index in [0.29, 0.717) is 18.2 Å². The molecule has 2 atom stereocenters. The predicted molar refractivity (Wildman–Crippen MR) is 148 cm³/mol. The Bertz CT molecular complexity index is 515. The number of hydrogen-bond acceptors (Lipinski definition) is 3. The van der Waals surface area contributed by atoms with Crippen LogP contribution >= 0.6 is 0 Å². The molecule has 5 fully saturated rings. The van der Waals surface area contributed by atoms with Crippen LogP contribution in [0.4, 0.5) is 0 Å². The lowest BCUT2D eigenvalue weighted by atomic mass is 9.75. The van der Waals surface area contributed by atoms with Gasteiger partial charge in [-0.1, -0.05) is 84.0 Å². The van der Waals surface area contributed by atoms with Crippen LogP contribution in [0, 0.1) is 5.92 Å². The maximum absolute atomic E-state index is 6.71. The van der Waals surface area contributed by atoms with Crippen LogP contribution in [0.15, 0.2) is 0 Å². The van der Waals surface area contributed by atoms with Gasteiger partial charge in [0.05, 0.1) is 6.10 Å². The van der Waals surface area contributed by atoms with Crippen molar-refractivity contribution in [2.45, 2.75) is 191 Å². The average Bonchev–Trinajstić information content (AvgIpc) is 2.91. The fraction of sp³-hybridized carbons (Fsp3) is 1.00. The maximum atomic E-state index is 6.71. The largest absolute Gasteiger partial charge is 0.378 e. The zero-order chi connectivity index (χ0) is 24.0. The van der Waals surface area contributed by atoms with Gasteiger partial charge in [-0.2, -0.15) is 0 Å². The molecular weight excluding hydrogens is 428 g/mol. The molecule has 0 aliphatic heterocycles. The van der Waals surface area contributed by atoms with Gasteiger partial charge in [0.25, 0.3) is 0 Å². The van der Waals surface area contributed by atoms with Crippen LogP contribution in [0.2, 0.25) is 0 Å². The van der Waals surface area contributed by atoms with Crippen LogP contribution in [-0.2, 0) is 4.74 Å². The summed E-state index contributed by atoms with van der Waals surface area (Å²) in [6.45, 7) is 2.59. The van der Waals surface area contributed by atoms with Crippen LogP contribution < -0.4 is 0 Å². The van der Waals surface area contributed by atoms with Crippen molar-refractivity contribution in [1.29, 1.82) is 0 Å². The van der Waals surface area contributed by atoms with Gasteiger partial charge in [-0.25, -0.2) is 0 Å². The Kier molecular flexibility index (Phi) is 9.91. The smallest absolute Gasteiger partial charge is 0.0881 e.